The Balaban J connectivity index is 4.43. The molecular formula is C12H28N4O. The summed E-state index contributed by atoms with van der Waals surface area (Å²) < 4.78 is 5.00. The van der Waals surface area contributed by atoms with Crippen LogP contribution in [0.5, 0.6) is 0 Å². The summed E-state index contributed by atoms with van der Waals surface area (Å²) in [5.41, 5.74) is 2.70. The molecule has 0 aliphatic rings. The van der Waals surface area contributed by atoms with Crippen LogP contribution in [0.3, 0.4) is 0 Å². The molecule has 0 aromatic carbocycles. The fourth-order valence-electron chi connectivity index (χ4n) is 1.55. The van der Waals surface area contributed by atoms with Crippen LogP contribution in [0.4, 0.5) is 0 Å². The fraction of sp³-hybridized carbons (Fsp3) is 0.917. The molecular weight excluding hydrogens is 216 g/mol. The molecule has 0 saturated carbocycles. The van der Waals surface area contributed by atoms with E-state index in [1.165, 1.54) is 0 Å². The Morgan fingerprint density at radius 3 is 2.41 bits per heavy atom. The number of guanidine groups is 1. The average molecular weight is 244 g/mol. The van der Waals surface area contributed by atoms with Gasteiger partial charge in [-0.2, -0.15) is 0 Å². The standard InChI is InChI=1S/C12H28N4O/c1-10(2)9-16(11(3)4)12(15-13)14-7-6-8-17-5/h10-11H,6-9,13H2,1-5H3,(H,14,15). The second-order valence-corrected chi connectivity index (χ2v) is 4.84. The van der Waals surface area contributed by atoms with Crippen LogP contribution >= 0.6 is 0 Å². The lowest BCUT2D eigenvalue weighted by Crippen LogP contribution is -2.49. The summed E-state index contributed by atoms with van der Waals surface area (Å²) in [6, 6.07) is 0.384. The van der Waals surface area contributed by atoms with Crippen LogP contribution < -0.4 is 11.3 Å². The van der Waals surface area contributed by atoms with Crippen molar-refractivity contribution in [3.05, 3.63) is 0 Å². The summed E-state index contributed by atoms with van der Waals surface area (Å²) >= 11 is 0. The van der Waals surface area contributed by atoms with E-state index in [9.17, 15) is 0 Å². The summed E-state index contributed by atoms with van der Waals surface area (Å²) in [7, 11) is 1.70. The van der Waals surface area contributed by atoms with E-state index in [0.29, 0.717) is 12.0 Å². The predicted octanol–water partition coefficient (Wildman–Crippen LogP) is 1.21. The summed E-state index contributed by atoms with van der Waals surface area (Å²) in [5.74, 6) is 6.90. The van der Waals surface area contributed by atoms with E-state index in [-0.39, 0.29) is 0 Å². The first kappa shape index (κ1) is 16.2. The molecule has 0 aromatic rings. The number of hydrogen-bond acceptors (Lipinski definition) is 3. The number of hydrazine groups is 1. The van der Waals surface area contributed by atoms with Crippen molar-refractivity contribution < 1.29 is 4.74 Å². The zero-order chi connectivity index (χ0) is 13.3. The van der Waals surface area contributed by atoms with Gasteiger partial charge >= 0.3 is 0 Å². The third kappa shape index (κ3) is 7.18. The van der Waals surface area contributed by atoms with Crippen molar-refractivity contribution >= 4 is 5.96 Å². The van der Waals surface area contributed by atoms with Gasteiger partial charge in [0.25, 0.3) is 0 Å². The predicted molar refractivity (Wildman–Crippen MR) is 72.8 cm³/mol. The number of hydrogen-bond donors (Lipinski definition) is 2. The van der Waals surface area contributed by atoms with Crippen LogP contribution in [0, 0.1) is 5.92 Å². The van der Waals surface area contributed by atoms with Gasteiger partial charge in [-0.15, -0.1) is 0 Å². The topological polar surface area (TPSA) is 62.9 Å². The molecule has 0 aromatic heterocycles. The molecule has 3 N–H and O–H groups in total. The number of methoxy groups -OCH3 is 1. The largest absolute Gasteiger partial charge is 0.385 e. The lowest BCUT2D eigenvalue weighted by atomic mass is 10.2. The van der Waals surface area contributed by atoms with Crippen molar-refractivity contribution in [2.45, 2.75) is 40.2 Å². The average Bonchev–Trinajstić information content (AvgIpc) is 2.26. The molecule has 0 atom stereocenters. The first-order chi connectivity index (χ1) is 8.02. The van der Waals surface area contributed by atoms with Gasteiger partial charge in [-0.1, -0.05) is 13.8 Å². The highest BCUT2D eigenvalue weighted by Gasteiger charge is 2.15. The second-order valence-electron chi connectivity index (χ2n) is 4.84. The number of ether oxygens (including phenoxy) is 1. The molecule has 0 rings (SSSR count). The van der Waals surface area contributed by atoms with Gasteiger partial charge in [-0.25, -0.2) is 5.84 Å². The molecule has 0 spiro atoms. The molecule has 5 nitrogen and oxygen atoms in total. The minimum atomic E-state index is 0.384. The molecule has 0 radical (unpaired) electrons. The van der Waals surface area contributed by atoms with E-state index in [0.717, 1.165) is 32.1 Å². The SMILES string of the molecule is COCCCN=C(NN)N(CC(C)C)C(C)C. The van der Waals surface area contributed by atoms with Gasteiger partial charge < -0.3 is 9.64 Å². The molecule has 102 valence electrons. The lowest BCUT2D eigenvalue weighted by Gasteiger charge is -2.31. The number of rotatable bonds is 7. The maximum atomic E-state index is 5.55. The van der Waals surface area contributed by atoms with Crippen LogP contribution in [0.2, 0.25) is 0 Å². The maximum absolute atomic E-state index is 5.55. The van der Waals surface area contributed by atoms with Gasteiger partial charge in [0.1, 0.15) is 0 Å². The van der Waals surface area contributed by atoms with Gasteiger partial charge in [-0.05, 0) is 26.2 Å². The van der Waals surface area contributed by atoms with Crippen molar-refractivity contribution in [3.8, 4) is 0 Å². The van der Waals surface area contributed by atoms with Gasteiger partial charge in [0.05, 0.1) is 0 Å². The number of nitrogens with two attached hydrogens (primary N) is 1. The highest BCUT2D eigenvalue weighted by atomic mass is 16.5. The normalized spacial score (nSPS) is 12.4. The van der Waals surface area contributed by atoms with Crippen LogP contribution in [0.25, 0.3) is 0 Å². The Bertz CT molecular complexity index is 217. The Morgan fingerprint density at radius 2 is 2.00 bits per heavy atom. The Labute approximate surface area is 105 Å². The quantitative estimate of drug-likeness (QED) is 0.232. The number of nitrogens with one attached hydrogen (secondary N) is 1. The van der Waals surface area contributed by atoms with Gasteiger partial charge in [0.15, 0.2) is 0 Å². The summed E-state index contributed by atoms with van der Waals surface area (Å²) in [5, 5.41) is 0. The third-order valence-electron chi connectivity index (χ3n) is 2.35. The third-order valence-corrected chi connectivity index (χ3v) is 2.35. The van der Waals surface area contributed by atoms with E-state index in [2.05, 4.69) is 43.0 Å². The van der Waals surface area contributed by atoms with Gasteiger partial charge in [0, 0.05) is 32.8 Å². The Morgan fingerprint density at radius 1 is 1.35 bits per heavy atom. The van der Waals surface area contributed by atoms with Crippen LogP contribution in [0.15, 0.2) is 4.99 Å². The second kappa shape index (κ2) is 9.24. The smallest absolute Gasteiger partial charge is 0.208 e. The number of nitrogens with zero attached hydrogens (tertiary/aromatic N) is 2. The lowest BCUT2D eigenvalue weighted by molar-refractivity contribution is 0.196. The minimum Gasteiger partial charge on any atom is -0.385 e. The molecule has 17 heavy (non-hydrogen) atoms. The van der Waals surface area contributed by atoms with Crippen molar-refractivity contribution in [3.63, 3.8) is 0 Å². The van der Waals surface area contributed by atoms with Crippen LogP contribution in [-0.2, 0) is 4.74 Å². The summed E-state index contributed by atoms with van der Waals surface area (Å²) in [6.07, 6.45) is 0.912. The van der Waals surface area contributed by atoms with Crippen molar-refractivity contribution in [1.29, 1.82) is 0 Å². The molecule has 0 amide bonds. The van der Waals surface area contributed by atoms with E-state index in [1.807, 2.05) is 0 Å². The van der Waals surface area contributed by atoms with Gasteiger partial charge in [0.2, 0.25) is 5.96 Å². The monoisotopic (exact) mass is 244 g/mol. The summed E-state index contributed by atoms with van der Waals surface area (Å²) in [6.45, 7) is 11.1. The molecule has 0 fully saturated rings. The molecule has 0 saturated heterocycles. The zero-order valence-corrected chi connectivity index (χ0v) is 11.9. The number of aliphatic imine (C=N–C) groups is 1. The van der Waals surface area contributed by atoms with E-state index < -0.39 is 0 Å². The highest BCUT2D eigenvalue weighted by molar-refractivity contribution is 5.79. The first-order valence-electron chi connectivity index (χ1n) is 6.29. The maximum Gasteiger partial charge on any atom is 0.208 e. The van der Waals surface area contributed by atoms with Crippen molar-refractivity contribution in [2.75, 3.05) is 26.8 Å². The molecule has 0 aliphatic heterocycles. The van der Waals surface area contributed by atoms with E-state index >= 15 is 0 Å². The van der Waals surface area contributed by atoms with Crippen LogP contribution in [-0.4, -0.2) is 43.7 Å². The first-order valence-corrected chi connectivity index (χ1v) is 6.29. The van der Waals surface area contributed by atoms with Crippen LogP contribution in [0.1, 0.15) is 34.1 Å². The molecule has 0 aliphatic carbocycles. The van der Waals surface area contributed by atoms with E-state index in [1.54, 1.807) is 7.11 Å². The minimum absolute atomic E-state index is 0.384. The van der Waals surface area contributed by atoms with Gasteiger partial charge in [-0.3, -0.25) is 10.4 Å². The molecule has 0 bridgehead atoms. The Hall–Kier alpha value is -0.810. The summed E-state index contributed by atoms with van der Waals surface area (Å²) in [4.78, 5) is 6.67. The highest BCUT2D eigenvalue weighted by Crippen LogP contribution is 2.04. The van der Waals surface area contributed by atoms with Crippen molar-refractivity contribution in [1.82, 2.24) is 10.3 Å². The fourth-order valence-corrected chi connectivity index (χ4v) is 1.55. The molecule has 5 heteroatoms. The zero-order valence-electron chi connectivity index (χ0n) is 11.9. The van der Waals surface area contributed by atoms with Crippen molar-refractivity contribution in [2.24, 2.45) is 16.8 Å². The molecule has 0 heterocycles. The Kier molecular flexibility index (Phi) is 8.80. The van der Waals surface area contributed by atoms with E-state index in [4.69, 9.17) is 10.6 Å². The molecule has 0 unspecified atom stereocenters.